The molecule has 1 heterocycles. The first-order valence-electron chi connectivity index (χ1n) is 12.1. The van der Waals surface area contributed by atoms with Crippen molar-refractivity contribution in [3.05, 3.63) is 65.7 Å². The summed E-state index contributed by atoms with van der Waals surface area (Å²) in [5.74, 6) is -0.744. The smallest absolute Gasteiger partial charge is 0.222 e. The third kappa shape index (κ3) is 6.66. The minimum atomic E-state index is -0.782. The summed E-state index contributed by atoms with van der Waals surface area (Å²) in [6.45, 7) is 5.91. The van der Waals surface area contributed by atoms with Crippen LogP contribution in [0.1, 0.15) is 32.3 Å². The first-order chi connectivity index (χ1) is 16.8. The molecule has 0 amide bonds. The Kier molecular flexibility index (Phi) is 8.15. The Balaban J connectivity index is 1.63. The maximum Gasteiger partial charge on any atom is 0.222 e. The van der Waals surface area contributed by atoms with E-state index in [1.807, 2.05) is 30.3 Å². The molecule has 1 unspecified atom stereocenters. The zero-order valence-electron chi connectivity index (χ0n) is 20.5. The highest BCUT2D eigenvalue weighted by Gasteiger charge is 2.33. The topological polar surface area (TPSA) is 59.8 Å². The number of hydrogen-bond acceptors (Lipinski definition) is 5. The van der Waals surface area contributed by atoms with Gasteiger partial charge in [-0.1, -0.05) is 44.2 Å². The van der Waals surface area contributed by atoms with Crippen LogP contribution in [-0.2, 0) is 18.3 Å². The van der Waals surface area contributed by atoms with Crippen molar-refractivity contribution in [2.24, 2.45) is 13.0 Å². The van der Waals surface area contributed by atoms with Crippen LogP contribution in [0.3, 0.4) is 0 Å². The zero-order chi connectivity index (χ0) is 24.9. The van der Waals surface area contributed by atoms with Crippen LogP contribution in [-0.4, -0.2) is 51.7 Å². The summed E-state index contributed by atoms with van der Waals surface area (Å²) < 4.78 is 41.1. The molecule has 4 rings (SSSR count). The van der Waals surface area contributed by atoms with Gasteiger partial charge in [0, 0.05) is 44.4 Å². The third-order valence-corrected chi connectivity index (χ3v) is 5.87. The average Bonchev–Trinajstić information content (AvgIpc) is 3.62. The van der Waals surface area contributed by atoms with Crippen LogP contribution in [0.25, 0.3) is 11.3 Å². The van der Waals surface area contributed by atoms with Crippen molar-refractivity contribution in [1.82, 2.24) is 14.7 Å². The number of aliphatic hydroxyl groups is 1. The standard InChI is InChI=1S/C27H33F2N3O3/c1-18(2)16-34-17-22(33)14-32(21-10-11-21)15-23-26(19-7-5-4-6-8-19)30-31(3)27(23)35-25-12-9-20(28)13-24(25)29/h4-9,12-13,18,21-22,33H,10-11,14-17H2,1-3H3. The summed E-state index contributed by atoms with van der Waals surface area (Å²) in [6.07, 6.45) is 1.46. The number of aryl methyl sites for hydroxylation is 1. The lowest BCUT2D eigenvalue weighted by Crippen LogP contribution is -2.36. The molecule has 1 fully saturated rings. The highest BCUT2D eigenvalue weighted by Crippen LogP contribution is 2.37. The van der Waals surface area contributed by atoms with Crippen molar-refractivity contribution < 1.29 is 23.4 Å². The quantitative estimate of drug-likeness (QED) is 0.384. The van der Waals surface area contributed by atoms with Crippen LogP contribution in [0.4, 0.5) is 8.78 Å². The molecule has 1 atom stereocenters. The van der Waals surface area contributed by atoms with Gasteiger partial charge >= 0.3 is 0 Å². The van der Waals surface area contributed by atoms with Crippen molar-refractivity contribution in [2.75, 3.05) is 19.8 Å². The van der Waals surface area contributed by atoms with Crippen molar-refractivity contribution in [3.63, 3.8) is 0 Å². The Morgan fingerprint density at radius 2 is 1.86 bits per heavy atom. The maximum absolute atomic E-state index is 14.4. The molecule has 1 aliphatic carbocycles. The molecule has 0 aliphatic heterocycles. The molecule has 8 heteroatoms. The Morgan fingerprint density at radius 3 is 2.51 bits per heavy atom. The fourth-order valence-corrected chi connectivity index (χ4v) is 4.06. The van der Waals surface area contributed by atoms with Gasteiger partial charge in [-0.15, -0.1) is 0 Å². The van der Waals surface area contributed by atoms with Gasteiger partial charge in [0.1, 0.15) is 11.5 Å². The lowest BCUT2D eigenvalue weighted by Gasteiger charge is -2.25. The normalized spacial score (nSPS) is 14.6. The lowest BCUT2D eigenvalue weighted by atomic mass is 10.1. The predicted molar refractivity (Wildman–Crippen MR) is 130 cm³/mol. The Morgan fingerprint density at radius 1 is 1.11 bits per heavy atom. The second-order valence-corrected chi connectivity index (χ2v) is 9.54. The number of aromatic nitrogens is 2. The molecule has 1 N–H and O–H groups in total. The number of ether oxygens (including phenoxy) is 2. The number of aliphatic hydroxyl groups excluding tert-OH is 1. The minimum absolute atomic E-state index is 0.0737. The molecule has 3 aromatic rings. The van der Waals surface area contributed by atoms with Gasteiger partial charge in [-0.25, -0.2) is 13.5 Å². The second-order valence-electron chi connectivity index (χ2n) is 9.54. The largest absolute Gasteiger partial charge is 0.436 e. The highest BCUT2D eigenvalue weighted by atomic mass is 19.1. The van der Waals surface area contributed by atoms with Crippen molar-refractivity contribution >= 4 is 0 Å². The summed E-state index contributed by atoms with van der Waals surface area (Å²) in [5, 5.41) is 15.3. The van der Waals surface area contributed by atoms with Crippen LogP contribution >= 0.6 is 0 Å². The van der Waals surface area contributed by atoms with Crippen LogP contribution in [0.15, 0.2) is 48.5 Å². The van der Waals surface area contributed by atoms with Gasteiger partial charge < -0.3 is 14.6 Å². The van der Waals surface area contributed by atoms with E-state index in [0.717, 1.165) is 41.8 Å². The average molecular weight is 486 g/mol. The molecule has 1 saturated carbocycles. The Hall–Kier alpha value is -2.81. The van der Waals surface area contributed by atoms with E-state index in [-0.39, 0.29) is 12.4 Å². The molecular weight excluding hydrogens is 452 g/mol. The first-order valence-corrected chi connectivity index (χ1v) is 12.1. The van der Waals surface area contributed by atoms with Crippen LogP contribution in [0.2, 0.25) is 0 Å². The molecule has 0 radical (unpaired) electrons. The van der Waals surface area contributed by atoms with E-state index in [0.29, 0.717) is 37.5 Å². The summed E-state index contributed by atoms with van der Waals surface area (Å²) >= 11 is 0. The fourth-order valence-electron chi connectivity index (χ4n) is 4.06. The summed E-state index contributed by atoms with van der Waals surface area (Å²) in [6, 6.07) is 13.3. The SMILES string of the molecule is CC(C)COCC(O)CN(Cc1c(-c2ccccc2)nn(C)c1Oc1ccc(F)cc1F)C1CC1. The second kappa shape index (κ2) is 11.3. The molecule has 2 aromatic carbocycles. The van der Waals surface area contributed by atoms with Gasteiger partial charge in [0.15, 0.2) is 11.6 Å². The number of benzene rings is 2. The van der Waals surface area contributed by atoms with E-state index in [9.17, 15) is 13.9 Å². The summed E-state index contributed by atoms with van der Waals surface area (Å²) in [5.41, 5.74) is 2.41. The van der Waals surface area contributed by atoms with E-state index in [1.54, 1.807) is 11.7 Å². The van der Waals surface area contributed by atoms with Crippen molar-refractivity contribution in [2.45, 2.75) is 45.4 Å². The van der Waals surface area contributed by atoms with Gasteiger partial charge in [-0.3, -0.25) is 4.90 Å². The predicted octanol–water partition coefficient (Wildman–Crippen LogP) is 5.16. The fraction of sp³-hybridized carbons (Fsp3) is 0.444. The molecule has 0 bridgehead atoms. The van der Waals surface area contributed by atoms with Gasteiger partial charge in [0.2, 0.25) is 5.88 Å². The molecule has 1 aliphatic rings. The molecule has 0 spiro atoms. The maximum atomic E-state index is 14.4. The Bertz CT molecular complexity index is 1120. The third-order valence-electron chi connectivity index (χ3n) is 5.87. The molecule has 6 nitrogen and oxygen atoms in total. The van der Waals surface area contributed by atoms with Crippen LogP contribution in [0, 0.1) is 17.6 Å². The van der Waals surface area contributed by atoms with Crippen LogP contribution < -0.4 is 4.74 Å². The number of hydrogen-bond donors (Lipinski definition) is 1. The zero-order valence-corrected chi connectivity index (χ0v) is 20.5. The van der Waals surface area contributed by atoms with Crippen molar-refractivity contribution in [1.29, 1.82) is 0 Å². The van der Waals surface area contributed by atoms with E-state index in [4.69, 9.17) is 9.47 Å². The van der Waals surface area contributed by atoms with E-state index in [2.05, 4.69) is 23.8 Å². The van der Waals surface area contributed by atoms with Gasteiger partial charge in [0.25, 0.3) is 0 Å². The van der Waals surface area contributed by atoms with Crippen molar-refractivity contribution in [3.8, 4) is 22.9 Å². The molecule has 1 aromatic heterocycles. The van der Waals surface area contributed by atoms with E-state index < -0.39 is 17.7 Å². The molecule has 0 saturated heterocycles. The van der Waals surface area contributed by atoms with Gasteiger partial charge in [-0.2, -0.15) is 5.10 Å². The number of halogens is 2. The number of rotatable bonds is 12. The molecule has 35 heavy (non-hydrogen) atoms. The number of nitrogens with zero attached hydrogens (tertiary/aromatic N) is 3. The minimum Gasteiger partial charge on any atom is -0.436 e. The van der Waals surface area contributed by atoms with Crippen LogP contribution in [0.5, 0.6) is 11.6 Å². The first kappa shape index (κ1) is 25.3. The lowest BCUT2D eigenvalue weighted by molar-refractivity contribution is 0.00541. The summed E-state index contributed by atoms with van der Waals surface area (Å²) in [4.78, 5) is 2.21. The summed E-state index contributed by atoms with van der Waals surface area (Å²) in [7, 11) is 1.74. The molecule has 188 valence electrons. The van der Waals surface area contributed by atoms with Gasteiger partial charge in [0.05, 0.1) is 18.3 Å². The monoisotopic (exact) mass is 485 g/mol. The Labute approximate surface area is 205 Å². The van der Waals surface area contributed by atoms with E-state index >= 15 is 0 Å². The highest BCUT2D eigenvalue weighted by molar-refractivity contribution is 5.65. The van der Waals surface area contributed by atoms with Gasteiger partial charge in [-0.05, 0) is 30.9 Å². The molecular formula is C27H33F2N3O3. The van der Waals surface area contributed by atoms with E-state index in [1.165, 1.54) is 6.07 Å².